The van der Waals surface area contributed by atoms with E-state index in [-0.39, 0.29) is 35.7 Å². The predicted octanol–water partition coefficient (Wildman–Crippen LogP) is 2.18. The van der Waals surface area contributed by atoms with Crippen molar-refractivity contribution in [3.05, 3.63) is 33.2 Å². The van der Waals surface area contributed by atoms with Gasteiger partial charge in [0.2, 0.25) is 11.8 Å². The molecule has 6 nitrogen and oxygen atoms in total. The molecule has 142 valence electrons. The molecule has 1 saturated carbocycles. The van der Waals surface area contributed by atoms with Gasteiger partial charge in [-0.25, -0.2) is 0 Å². The first kappa shape index (κ1) is 18.7. The zero-order valence-electron chi connectivity index (χ0n) is 15.8. The van der Waals surface area contributed by atoms with Gasteiger partial charge in [-0.1, -0.05) is 19.3 Å². The van der Waals surface area contributed by atoms with Gasteiger partial charge in [0.05, 0.1) is 6.54 Å². The maximum Gasteiger partial charge on any atom is 0.243 e. The fourth-order valence-electron chi connectivity index (χ4n) is 4.17. The molecule has 2 heterocycles. The number of likely N-dealkylation sites (tertiary alicyclic amines) is 1. The fraction of sp³-hybridized carbons (Fsp3) is 0.650. The predicted molar refractivity (Wildman–Crippen MR) is 99.7 cm³/mol. The van der Waals surface area contributed by atoms with Crippen LogP contribution in [0.25, 0.3) is 0 Å². The first-order chi connectivity index (χ1) is 12.5. The van der Waals surface area contributed by atoms with Crippen LogP contribution in [0.15, 0.2) is 11.0 Å². The van der Waals surface area contributed by atoms with Crippen LogP contribution in [0.5, 0.6) is 0 Å². The fourth-order valence-corrected chi connectivity index (χ4v) is 4.17. The van der Waals surface area contributed by atoms with E-state index < -0.39 is 0 Å². The molecule has 1 aliphatic heterocycles. The van der Waals surface area contributed by atoms with Crippen LogP contribution in [-0.2, 0) is 16.1 Å². The summed E-state index contributed by atoms with van der Waals surface area (Å²) in [6.45, 7) is 4.49. The van der Waals surface area contributed by atoms with Crippen LogP contribution >= 0.6 is 0 Å². The SMILES string of the molecule is Cc1c[nH]c(CNC(=O)C2CCCN2C(=O)C2CCCCC2)c(C)c1=O. The van der Waals surface area contributed by atoms with Crippen molar-refractivity contribution in [2.75, 3.05) is 6.54 Å². The Morgan fingerprint density at radius 2 is 1.88 bits per heavy atom. The summed E-state index contributed by atoms with van der Waals surface area (Å²) in [6.07, 6.45) is 8.60. The highest BCUT2D eigenvalue weighted by Gasteiger charge is 2.37. The molecule has 2 amide bonds. The van der Waals surface area contributed by atoms with E-state index in [0.717, 1.165) is 37.8 Å². The number of amides is 2. The topological polar surface area (TPSA) is 82.3 Å². The number of hydrogen-bond donors (Lipinski definition) is 2. The standard InChI is InChI=1S/C20H29N3O3/c1-13-11-21-16(14(2)18(13)24)12-22-19(25)17-9-6-10-23(17)20(26)15-7-4-3-5-8-15/h11,15,17H,3-10,12H2,1-2H3,(H,21,24)(H,22,25). The third-order valence-corrected chi connectivity index (χ3v) is 5.85. The molecule has 1 saturated heterocycles. The van der Waals surface area contributed by atoms with Crippen LogP contribution in [0.2, 0.25) is 0 Å². The molecule has 6 heteroatoms. The zero-order valence-corrected chi connectivity index (χ0v) is 15.8. The number of rotatable bonds is 4. The minimum absolute atomic E-state index is 0.00275. The van der Waals surface area contributed by atoms with Gasteiger partial charge in [0.1, 0.15) is 6.04 Å². The van der Waals surface area contributed by atoms with Gasteiger partial charge in [-0.15, -0.1) is 0 Å². The summed E-state index contributed by atoms with van der Waals surface area (Å²) in [4.78, 5) is 42.4. The molecule has 2 N–H and O–H groups in total. The smallest absolute Gasteiger partial charge is 0.243 e. The number of aromatic nitrogens is 1. The van der Waals surface area contributed by atoms with Gasteiger partial charge >= 0.3 is 0 Å². The van der Waals surface area contributed by atoms with Crippen molar-refractivity contribution < 1.29 is 9.59 Å². The molecule has 2 fully saturated rings. The number of H-pyrrole nitrogens is 1. The summed E-state index contributed by atoms with van der Waals surface area (Å²) < 4.78 is 0. The molecule has 3 rings (SSSR count). The van der Waals surface area contributed by atoms with E-state index in [4.69, 9.17) is 0 Å². The highest BCUT2D eigenvalue weighted by Crippen LogP contribution is 2.28. The Hall–Kier alpha value is -2.11. The van der Waals surface area contributed by atoms with E-state index in [1.165, 1.54) is 6.42 Å². The van der Waals surface area contributed by atoms with Gasteiger partial charge in [-0.3, -0.25) is 14.4 Å². The lowest BCUT2D eigenvalue weighted by atomic mass is 9.88. The van der Waals surface area contributed by atoms with Crippen LogP contribution in [-0.4, -0.2) is 34.3 Å². The van der Waals surface area contributed by atoms with Crippen LogP contribution in [0.4, 0.5) is 0 Å². The Labute approximate surface area is 154 Å². The van der Waals surface area contributed by atoms with Crippen molar-refractivity contribution in [2.45, 2.75) is 71.4 Å². The molecule has 0 radical (unpaired) electrons. The van der Waals surface area contributed by atoms with Gasteiger partial charge in [0.15, 0.2) is 5.43 Å². The summed E-state index contributed by atoms with van der Waals surface area (Å²) in [5, 5.41) is 2.91. The number of hydrogen-bond acceptors (Lipinski definition) is 3. The quantitative estimate of drug-likeness (QED) is 0.864. The van der Waals surface area contributed by atoms with Gasteiger partial charge in [-0.05, 0) is 39.5 Å². The molecular formula is C20H29N3O3. The van der Waals surface area contributed by atoms with Gasteiger partial charge in [0.25, 0.3) is 0 Å². The van der Waals surface area contributed by atoms with Crippen molar-refractivity contribution in [3.8, 4) is 0 Å². The van der Waals surface area contributed by atoms with E-state index in [2.05, 4.69) is 10.3 Å². The van der Waals surface area contributed by atoms with E-state index in [1.807, 2.05) is 0 Å². The number of carbonyl (C=O) groups is 2. The average molecular weight is 359 g/mol. The second-order valence-corrected chi connectivity index (χ2v) is 7.65. The monoisotopic (exact) mass is 359 g/mol. The molecule has 0 bridgehead atoms. The number of aryl methyl sites for hydroxylation is 1. The lowest BCUT2D eigenvalue weighted by molar-refractivity contribution is -0.142. The van der Waals surface area contributed by atoms with Crippen molar-refractivity contribution in [2.24, 2.45) is 5.92 Å². The van der Waals surface area contributed by atoms with Crippen molar-refractivity contribution >= 4 is 11.8 Å². The Morgan fingerprint density at radius 1 is 1.15 bits per heavy atom. The Bertz CT molecular complexity index is 734. The van der Waals surface area contributed by atoms with E-state index in [9.17, 15) is 14.4 Å². The van der Waals surface area contributed by atoms with E-state index in [0.29, 0.717) is 24.1 Å². The van der Waals surface area contributed by atoms with Crippen molar-refractivity contribution in [1.29, 1.82) is 0 Å². The molecule has 1 aromatic heterocycles. The number of pyridine rings is 1. The normalized spacial score (nSPS) is 21.0. The molecule has 0 aromatic carbocycles. The minimum Gasteiger partial charge on any atom is -0.363 e. The third kappa shape index (κ3) is 3.84. The number of carbonyl (C=O) groups excluding carboxylic acids is 2. The van der Waals surface area contributed by atoms with Crippen LogP contribution in [0.3, 0.4) is 0 Å². The maximum absolute atomic E-state index is 12.8. The van der Waals surface area contributed by atoms with Crippen LogP contribution < -0.4 is 10.7 Å². The highest BCUT2D eigenvalue weighted by atomic mass is 16.2. The largest absolute Gasteiger partial charge is 0.363 e. The summed E-state index contributed by atoms with van der Waals surface area (Å²) >= 11 is 0. The second-order valence-electron chi connectivity index (χ2n) is 7.65. The Kier molecular flexibility index (Phi) is 5.79. The summed E-state index contributed by atoms with van der Waals surface area (Å²) in [5.74, 6) is 0.127. The average Bonchev–Trinajstić information content (AvgIpc) is 3.15. The lowest BCUT2D eigenvalue weighted by Gasteiger charge is -2.30. The van der Waals surface area contributed by atoms with Gasteiger partial charge in [-0.2, -0.15) is 0 Å². The van der Waals surface area contributed by atoms with E-state index in [1.54, 1.807) is 24.9 Å². The molecule has 1 aliphatic carbocycles. The minimum atomic E-state index is -0.373. The van der Waals surface area contributed by atoms with Gasteiger partial charge in [0, 0.05) is 35.5 Å². The van der Waals surface area contributed by atoms with Crippen molar-refractivity contribution in [1.82, 2.24) is 15.2 Å². The Morgan fingerprint density at radius 3 is 2.62 bits per heavy atom. The number of nitrogens with zero attached hydrogens (tertiary/aromatic N) is 1. The number of aromatic amines is 1. The van der Waals surface area contributed by atoms with Crippen molar-refractivity contribution in [3.63, 3.8) is 0 Å². The summed E-state index contributed by atoms with van der Waals surface area (Å²) in [6, 6.07) is -0.373. The maximum atomic E-state index is 12.8. The highest BCUT2D eigenvalue weighted by molar-refractivity contribution is 5.89. The molecule has 2 aliphatic rings. The van der Waals surface area contributed by atoms with Crippen LogP contribution in [0.1, 0.15) is 61.8 Å². The first-order valence-electron chi connectivity index (χ1n) is 9.75. The third-order valence-electron chi connectivity index (χ3n) is 5.85. The first-order valence-corrected chi connectivity index (χ1v) is 9.75. The second kappa shape index (κ2) is 8.06. The summed E-state index contributed by atoms with van der Waals surface area (Å²) in [5.41, 5.74) is 2.02. The number of nitrogens with one attached hydrogen (secondary N) is 2. The molecule has 26 heavy (non-hydrogen) atoms. The lowest BCUT2D eigenvalue weighted by Crippen LogP contribution is -2.48. The molecule has 1 aromatic rings. The molecule has 1 atom stereocenters. The molecular weight excluding hydrogens is 330 g/mol. The van der Waals surface area contributed by atoms with E-state index >= 15 is 0 Å². The van der Waals surface area contributed by atoms with Crippen LogP contribution in [0, 0.1) is 19.8 Å². The summed E-state index contributed by atoms with van der Waals surface area (Å²) in [7, 11) is 0. The molecule has 1 unspecified atom stereocenters. The van der Waals surface area contributed by atoms with Gasteiger partial charge < -0.3 is 15.2 Å². The molecule has 0 spiro atoms. The zero-order chi connectivity index (χ0) is 18.7. The Balaban J connectivity index is 1.62.